The topological polar surface area (TPSA) is 30.7 Å². The van der Waals surface area contributed by atoms with Gasteiger partial charge in [0.05, 0.1) is 22.9 Å². The molecule has 3 nitrogen and oxygen atoms in total. The van der Waals surface area contributed by atoms with Gasteiger partial charge in [-0.3, -0.25) is 9.55 Å². The molecule has 4 heteroatoms. The first-order valence-electron chi connectivity index (χ1n) is 5.31. The first-order chi connectivity index (χ1) is 8.38. The van der Waals surface area contributed by atoms with Crippen LogP contribution in [0.15, 0.2) is 49.1 Å². The molecule has 0 saturated carbocycles. The van der Waals surface area contributed by atoms with E-state index in [1.54, 1.807) is 12.5 Å². The number of fused-ring (bicyclic) bond motifs is 1. The van der Waals surface area contributed by atoms with Crippen LogP contribution in [0.5, 0.6) is 0 Å². The predicted molar refractivity (Wildman–Crippen MR) is 68.4 cm³/mol. The van der Waals surface area contributed by atoms with Crippen LogP contribution in [-0.2, 0) is 5.88 Å². The fraction of sp³-hybridized carbons (Fsp3) is 0.0769. The standard InChI is InChI=1S/C13H10ClN3/c14-6-10-5-11(8-15-7-10)17-9-16-12-3-1-2-4-13(12)17/h1-5,7-9H,6H2. The summed E-state index contributed by atoms with van der Waals surface area (Å²) < 4.78 is 2.01. The second-order valence-corrected chi connectivity index (χ2v) is 4.06. The first-order valence-corrected chi connectivity index (χ1v) is 5.84. The molecule has 0 aliphatic carbocycles. The van der Waals surface area contributed by atoms with E-state index in [1.165, 1.54) is 0 Å². The van der Waals surface area contributed by atoms with Crippen LogP contribution >= 0.6 is 11.6 Å². The highest BCUT2D eigenvalue weighted by Crippen LogP contribution is 2.18. The first kappa shape index (κ1) is 10.3. The molecule has 0 unspecified atom stereocenters. The average Bonchev–Trinajstić information content (AvgIpc) is 2.82. The zero-order chi connectivity index (χ0) is 11.7. The molecule has 2 heterocycles. The quantitative estimate of drug-likeness (QED) is 0.648. The van der Waals surface area contributed by atoms with E-state index in [4.69, 9.17) is 11.6 Å². The minimum absolute atomic E-state index is 0.466. The van der Waals surface area contributed by atoms with E-state index in [0.717, 1.165) is 22.3 Å². The molecule has 3 rings (SSSR count). The van der Waals surface area contributed by atoms with E-state index in [-0.39, 0.29) is 0 Å². The highest BCUT2D eigenvalue weighted by atomic mass is 35.5. The molecule has 0 aliphatic heterocycles. The number of pyridine rings is 1. The molecule has 0 spiro atoms. The summed E-state index contributed by atoms with van der Waals surface area (Å²) in [6.07, 6.45) is 5.39. The third-order valence-corrected chi connectivity index (χ3v) is 2.98. The minimum Gasteiger partial charge on any atom is -0.297 e. The molecule has 3 aromatic rings. The monoisotopic (exact) mass is 243 g/mol. The smallest absolute Gasteiger partial charge is 0.100 e. The maximum Gasteiger partial charge on any atom is 0.100 e. The van der Waals surface area contributed by atoms with Gasteiger partial charge in [0.1, 0.15) is 6.33 Å². The number of hydrogen-bond donors (Lipinski definition) is 0. The normalized spacial score (nSPS) is 10.9. The van der Waals surface area contributed by atoms with Gasteiger partial charge in [-0.15, -0.1) is 11.6 Å². The highest BCUT2D eigenvalue weighted by molar-refractivity contribution is 6.17. The largest absolute Gasteiger partial charge is 0.297 e. The molecule has 1 aromatic carbocycles. The van der Waals surface area contributed by atoms with Crippen molar-refractivity contribution < 1.29 is 0 Å². The van der Waals surface area contributed by atoms with Gasteiger partial charge in [0.2, 0.25) is 0 Å². The molecule has 84 valence electrons. The van der Waals surface area contributed by atoms with Gasteiger partial charge in [-0.1, -0.05) is 12.1 Å². The maximum atomic E-state index is 5.81. The van der Waals surface area contributed by atoms with Gasteiger partial charge in [0, 0.05) is 12.1 Å². The van der Waals surface area contributed by atoms with Crippen LogP contribution in [0.4, 0.5) is 0 Å². The molecule has 0 N–H and O–H groups in total. The second-order valence-electron chi connectivity index (χ2n) is 3.79. The summed E-state index contributed by atoms with van der Waals surface area (Å²) in [5.41, 5.74) is 4.03. The number of nitrogens with zero attached hydrogens (tertiary/aromatic N) is 3. The van der Waals surface area contributed by atoms with Crippen LogP contribution in [0.1, 0.15) is 5.56 Å². The predicted octanol–water partition coefficient (Wildman–Crippen LogP) is 3.16. The van der Waals surface area contributed by atoms with Crippen LogP contribution in [0.3, 0.4) is 0 Å². The van der Waals surface area contributed by atoms with Gasteiger partial charge in [-0.05, 0) is 23.8 Å². The lowest BCUT2D eigenvalue weighted by molar-refractivity contribution is 1.06. The fourth-order valence-electron chi connectivity index (χ4n) is 1.84. The fourth-order valence-corrected chi connectivity index (χ4v) is 1.99. The van der Waals surface area contributed by atoms with Crippen molar-refractivity contribution in [2.45, 2.75) is 5.88 Å². The van der Waals surface area contributed by atoms with Crippen molar-refractivity contribution >= 4 is 22.6 Å². The van der Waals surface area contributed by atoms with Crippen molar-refractivity contribution in [3.05, 3.63) is 54.6 Å². The summed E-state index contributed by atoms with van der Waals surface area (Å²) in [5, 5.41) is 0. The maximum absolute atomic E-state index is 5.81. The Kier molecular flexibility index (Phi) is 2.53. The molecule has 0 fully saturated rings. The lowest BCUT2D eigenvalue weighted by atomic mass is 10.2. The van der Waals surface area contributed by atoms with Crippen LogP contribution in [0, 0.1) is 0 Å². The van der Waals surface area contributed by atoms with Crippen molar-refractivity contribution in [3.8, 4) is 5.69 Å². The van der Waals surface area contributed by atoms with E-state index in [0.29, 0.717) is 5.88 Å². The van der Waals surface area contributed by atoms with Crippen LogP contribution in [-0.4, -0.2) is 14.5 Å². The van der Waals surface area contributed by atoms with E-state index in [1.807, 2.05) is 41.1 Å². The number of aromatic nitrogens is 3. The summed E-state index contributed by atoms with van der Waals surface area (Å²) in [4.78, 5) is 8.54. The van der Waals surface area contributed by atoms with Gasteiger partial charge in [-0.2, -0.15) is 0 Å². The molecular formula is C13H10ClN3. The summed E-state index contributed by atoms with van der Waals surface area (Å²) in [6.45, 7) is 0. The van der Waals surface area contributed by atoms with Crippen molar-refractivity contribution in [1.82, 2.24) is 14.5 Å². The summed E-state index contributed by atoms with van der Waals surface area (Å²) in [6, 6.07) is 10.0. The Labute approximate surface area is 104 Å². The Hall–Kier alpha value is -1.87. The molecular weight excluding hydrogens is 234 g/mol. The van der Waals surface area contributed by atoms with Gasteiger partial charge in [0.25, 0.3) is 0 Å². The Morgan fingerprint density at radius 2 is 2.06 bits per heavy atom. The summed E-state index contributed by atoms with van der Waals surface area (Å²) >= 11 is 5.81. The molecule has 17 heavy (non-hydrogen) atoms. The van der Waals surface area contributed by atoms with Gasteiger partial charge in [0.15, 0.2) is 0 Å². The molecule has 2 aromatic heterocycles. The average molecular weight is 244 g/mol. The molecule has 0 saturated heterocycles. The van der Waals surface area contributed by atoms with Crippen molar-refractivity contribution in [2.24, 2.45) is 0 Å². The lowest BCUT2D eigenvalue weighted by Crippen LogP contribution is -1.94. The van der Waals surface area contributed by atoms with E-state index >= 15 is 0 Å². The molecule has 0 atom stereocenters. The van der Waals surface area contributed by atoms with E-state index in [2.05, 4.69) is 9.97 Å². The SMILES string of the molecule is ClCc1cncc(-n2cnc3ccccc32)c1. The Bertz CT molecular complexity index is 660. The number of imidazole rings is 1. The van der Waals surface area contributed by atoms with Gasteiger partial charge in [-0.25, -0.2) is 4.98 Å². The number of rotatable bonds is 2. The Morgan fingerprint density at radius 1 is 1.18 bits per heavy atom. The molecule has 0 aliphatic rings. The summed E-state index contributed by atoms with van der Waals surface area (Å²) in [5.74, 6) is 0.466. The highest BCUT2D eigenvalue weighted by Gasteiger charge is 2.04. The third kappa shape index (κ3) is 1.78. The molecule has 0 amide bonds. The number of alkyl halides is 1. The van der Waals surface area contributed by atoms with Crippen molar-refractivity contribution in [2.75, 3.05) is 0 Å². The Morgan fingerprint density at radius 3 is 2.94 bits per heavy atom. The van der Waals surface area contributed by atoms with Crippen molar-refractivity contribution in [3.63, 3.8) is 0 Å². The molecule has 0 bridgehead atoms. The number of benzene rings is 1. The Balaban J connectivity index is 2.20. The van der Waals surface area contributed by atoms with Crippen LogP contribution in [0.25, 0.3) is 16.7 Å². The van der Waals surface area contributed by atoms with Gasteiger partial charge < -0.3 is 0 Å². The minimum atomic E-state index is 0.466. The van der Waals surface area contributed by atoms with Crippen LogP contribution in [0.2, 0.25) is 0 Å². The summed E-state index contributed by atoms with van der Waals surface area (Å²) in [7, 11) is 0. The van der Waals surface area contributed by atoms with E-state index in [9.17, 15) is 0 Å². The number of hydrogen-bond acceptors (Lipinski definition) is 2. The van der Waals surface area contributed by atoms with E-state index < -0.39 is 0 Å². The molecule has 0 radical (unpaired) electrons. The zero-order valence-electron chi connectivity index (χ0n) is 9.05. The third-order valence-electron chi connectivity index (χ3n) is 2.67. The lowest BCUT2D eigenvalue weighted by Gasteiger charge is -2.04. The van der Waals surface area contributed by atoms with Crippen LogP contribution < -0.4 is 0 Å². The number of halogens is 1. The second kappa shape index (κ2) is 4.18. The van der Waals surface area contributed by atoms with Crippen molar-refractivity contribution in [1.29, 1.82) is 0 Å². The number of para-hydroxylation sites is 2. The zero-order valence-corrected chi connectivity index (χ0v) is 9.80. The van der Waals surface area contributed by atoms with Gasteiger partial charge >= 0.3 is 0 Å².